The van der Waals surface area contributed by atoms with Crippen molar-refractivity contribution in [1.29, 1.82) is 0 Å². The van der Waals surface area contributed by atoms with E-state index in [2.05, 4.69) is 5.32 Å². The number of amides is 1. The monoisotopic (exact) mass is 231 g/mol. The molecule has 0 rings (SSSR count). The summed E-state index contributed by atoms with van der Waals surface area (Å²) >= 11 is 0. The summed E-state index contributed by atoms with van der Waals surface area (Å²) in [5.74, 6) is 0.329. The van der Waals surface area contributed by atoms with Gasteiger partial charge < -0.3 is 15.2 Å². The van der Waals surface area contributed by atoms with E-state index in [1.807, 2.05) is 27.7 Å². The molecule has 0 aromatic rings. The molecule has 1 amide bonds. The van der Waals surface area contributed by atoms with Crippen LogP contribution in [0.5, 0.6) is 0 Å². The molecule has 0 radical (unpaired) electrons. The van der Waals surface area contributed by atoms with E-state index in [4.69, 9.17) is 9.84 Å². The third kappa shape index (κ3) is 7.65. The van der Waals surface area contributed by atoms with E-state index in [0.717, 1.165) is 0 Å². The summed E-state index contributed by atoms with van der Waals surface area (Å²) in [5.41, 5.74) is 0. The van der Waals surface area contributed by atoms with E-state index >= 15 is 0 Å². The lowest BCUT2D eigenvalue weighted by Crippen LogP contribution is -2.39. The van der Waals surface area contributed by atoms with E-state index in [0.29, 0.717) is 25.4 Å². The Hall–Kier alpha value is -0.610. The standard InChI is InChI=1S/C12H25NO3/c1-9(2)11(5-7-14)13-12(15)6-8-16-10(3)4/h9-11,14H,5-8H2,1-4H3,(H,13,15). The summed E-state index contributed by atoms with van der Waals surface area (Å²) in [6.45, 7) is 8.51. The molecule has 0 aromatic heterocycles. The van der Waals surface area contributed by atoms with Gasteiger partial charge >= 0.3 is 0 Å². The van der Waals surface area contributed by atoms with Crippen LogP contribution in [0, 0.1) is 5.92 Å². The lowest BCUT2D eigenvalue weighted by atomic mass is 10.0. The van der Waals surface area contributed by atoms with E-state index in [-0.39, 0.29) is 24.7 Å². The van der Waals surface area contributed by atoms with Crippen LogP contribution in [0.4, 0.5) is 0 Å². The fourth-order valence-corrected chi connectivity index (χ4v) is 1.38. The second-order valence-electron chi connectivity index (χ2n) is 4.60. The van der Waals surface area contributed by atoms with Crippen LogP contribution in [0.3, 0.4) is 0 Å². The zero-order chi connectivity index (χ0) is 12.6. The van der Waals surface area contributed by atoms with E-state index < -0.39 is 0 Å². The zero-order valence-electron chi connectivity index (χ0n) is 10.8. The number of carbonyl (C=O) groups excluding carboxylic acids is 1. The van der Waals surface area contributed by atoms with Gasteiger partial charge in [0.1, 0.15) is 0 Å². The normalized spacial score (nSPS) is 13.2. The molecule has 96 valence electrons. The van der Waals surface area contributed by atoms with E-state index in [1.165, 1.54) is 0 Å². The third-order valence-corrected chi connectivity index (χ3v) is 2.37. The average molecular weight is 231 g/mol. The molecule has 4 heteroatoms. The number of nitrogens with one attached hydrogen (secondary N) is 1. The lowest BCUT2D eigenvalue weighted by molar-refractivity contribution is -0.123. The minimum atomic E-state index is -0.00667. The molecular weight excluding hydrogens is 206 g/mol. The summed E-state index contributed by atoms with van der Waals surface area (Å²) < 4.78 is 5.30. The molecule has 0 heterocycles. The Morgan fingerprint density at radius 3 is 2.38 bits per heavy atom. The average Bonchev–Trinajstić information content (AvgIpc) is 2.16. The minimum absolute atomic E-state index is 0.00667. The number of aliphatic hydroxyl groups excluding tert-OH is 1. The van der Waals surface area contributed by atoms with Gasteiger partial charge in [0.2, 0.25) is 5.91 Å². The van der Waals surface area contributed by atoms with Crippen LogP contribution >= 0.6 is 0 Å². The molecule has 0 spiro atoms. The number of carbonyl (C=O) groups is 1. The first-order chi connectivity index (χ1) is 7.47. The summed E-state index contributed by atoms with van der Waals surface area (Å²) in [7, 11) is 0. The molecule has 0 aliphatic rings. The van der Waals surface area contributed by atoms with Crippen molar-refractivity contribution in [1.82, 2.24) is 5.32 Å². The van der Waals surface area contributed by atoms with Gasteiger partial charge in [0.15, 0.2) is 0 Å². The lowest BCUT2D eigenvalue weighted by Gasteiger charge is -2.21. The van der Waals surface area contributed by atoms with Gasteiger partial charge in [-0.05, 0) is 26.2 Å². The minimum Gasteiger partial charge on any atom is -0.396 e. The van der Waals surface area contributed by atoms with Crippen molar-refractivity contribution in [2.75, 3.05) is 13.2 Å². The highest BCUT2D eigenvalue weighted by atomic mass is 16.5. The molecule has 0 aliphatic carbocycles. The van der Waals surface area contributed by atoms with Crippen LogP contribution < -0.4 is 5.32 Å². The molecule has 0 bridgehead atoms. The maximum Gasteiger partial charge on any atom is 0.222 e. The molecule has 0 saturated carbocycles. The maximum atomic E-state index is 11.5. The van der Waals surface area contributed by atoms with Gasteiger partial charge in [-0.25, -0.2) is 0 Å². The third-order valence-electron chi connectivity index (χ3n) is 2.37. The van der Waals surface area contributed by atoms with Gasteiger partial charge in [0.05, 0.1) is 12.7 Å². The van der Waals surface area contributed by atoms with Gasteiger partial charge in [-0.2, -0.15) is 0 Å². The second-order valence-corrected chi connectivity index (χ2v) is 4.60. The van der Waals surface area contributed by atoms with Crippen molar-refractivity contribution in [3.05, 3.63) is 0 Å². The molecule has 4 nitrogen and oxygen atoms in total. The highest BCUT2D eigenvalue weighted by Gasteiger charge is 2.15. The predicted molar refractivity (Wildman–Crippen MR) is 64.2 cm³/mol. The van der Waals surface area contributed by atoms with Crippen molar-refractivity contribution >= 4 is 5.91 Å². The summed E-state index contributed by atoms with van der Waals surface area (Å²) in [6, 6.07) is 0.0524. The fourth-order valence-electron chi connectivity index (χ4n) is 1.38. The number of hydrogen-bond acceptors (Lipinski definition) is 3. The van der Waals surface area contributed by atoms with Gasteiger partial charge in [0.25, 0.3) is 0 Å². The SMILES string of the molecule is CC(C)OCCC(=O)NC(CCO)C(C)C. The zero-order valence-corrected chi connectivity index (χ0v) is 10.8. The van der Waals surface area contributed by atoms with Gasteiger partial charge in [-0.3, -0.25) is 4.79 Å². The largest absolute Gasteiger partial charge is 0.396 e. The first-order valence-electron chi connectivity index (χ1n) is 5.99. The highest BCUT2D eigenvalue weighted by Crippen LogP contribution is 2.05. The molecule has 0 fully saturated rings. The van der Waals surface area contributed by atoms with Gasteiger partial charge in [-0.15, -0.1) is 0 Å². The molecule has 0 aromatic carbocycles. The molecule has 1 unspecified atom stereocenters. The maximum absolute atomic E-state index is 11.5. The molecular formula is C12H25NO3. The van der Waals surface area contributed by atoms with Crippen LogP contribution in [0.1, 0.15) is 40.5 Å². The van der Waals surface area contributed by atoms with E-state index in [9.17, 15) is 4.79 Å². The van der Waals surface area contributed by atoms with Crippen molar-refractivity contribution in [2.45, 2.75) is 52.7 Å². The molecule has 16 heavy (non-hydrogen) atoms. The van der Waals surface area contributed by atoms with Crippen molar-refractivity contribution in [2.24, 2.45) is 5.92 Å². The topological polar surface area (TPSA) is 58.6 Å². The Labute approximate surface area is 98.4 Å². The Bertz CT molecular complexity index is 193. The molecule has 2 N–H and O–H groups in total. The van der Waals surface area contributed by atoms with Crippen LogP contribution in [0.15, 0.2) is 0 Å². The quantitative estimate of drug-likeness (QED) is 0.662. The first kappa shape index (κ1) is 15.4. The highest BCUT2D eigenvalue weighted by molar-refractivity contribution is 5.76. The molecule has 0 aliphatic heterocycles. The Morgan fingerprint density at radius 2 is 1.94 bits per heavy atom. The Morgan fingerprint density at radius 1 is 1.31 bits per heavy atom. The predicted octanol–water partition coefficient (Wildman–Crippen LogP) is 1.32. The Kier molecular flexibility index (Phi) is 8.21. The van der Waals surface area contributed by atoms with Crippen molar-refractivity contribution in [3.63, 3.8) is 0 Å². The number of ether oxygens (including phenoxy) is 1. The summed E-state index contributed by atoms with van der Waals surface area (Å²) in [5, 5.41) is 11.8. The number of hydrogen-bond donors (Lipinski definition) is 2. The van der Waals surface area contributed by atoms with Crippen LogP contribution in [0.2, 0.25) is 0 Å². The van der Waals surface area contributed by atoms with Gasteiger partial charge in [0, 0.05) is 19.1 Å². The number of rotatable bonds is 8. The first-order valence-corrected chi connectivity index (χ1v) is 5.99. The van der Waals surface area contributed by atoms with Crippen LogP contribution in [-0.2, 0) is 9.53 Å². The smallest absolute Gasteiger partial charge is 0.222 e. The number of aliphatic hydroxyl groups is 1. The summed E-state index contributed by atoms with van der Waals surface area (Å²) in [4.78, 5) is 11.5. The second kappa shape index (κ2) is 8.53. The summed E-state index contributed by atoms with van der Waals surface area (Å²) in [6.07, 6.45) is 1.15. The van der Waals surface area contributed by atoms with Crippen molar-refractivity contribution in [3.8, 4) is 0 Å². The van der Waals surface area contributed by atoms with Gasteiger partial charge in [-0.1, -0.05) is 13.8 Å². The van der Waals surface area contributed by atoms with Crippen molar-refractivity contribution < 1.29 is 14.6 Å². The van der Waals surface area contributed by atoms with E-state index in [1.54, 1.807) is 0 Å². The Balaban J connectivity index is 3.82. The molecule has 0 saturated heterocycles. The fraction of sp³-hybridized carbons (Fsp3) is 0.917. The van der Waals surface area contributed by atoms with Crippen LogP contribution in [0.25, 0.3) is 0 Å². The van der Waals surface area contributed by atoms with Crippen LogP contribution in [-0.4, -0.2) is 36.4 Å². The molecule has 1 atom stereocenters.